The van der Waals surface area contributed by atoms with Crippen LogP contribution in [0.2, 0.25) is 0 Å². The molecule has 19 heavy (non-hydrogen) atoms. The van der Waals surface area contributed by atoms with E-state index in [9.17, 15) is 4.39 Å². The highest BCUT2D eigenvalue weighted by atomic mass is 19.1. The SMILES string of the molecule is CN(Cc1cc(C#N)ccc1F)CC1CCNCC1. The fourth-order valence-corrected chi connectivity index (χ4v) is 2.63. The van der Waals surface area contributed by atoms with E-state index in [1.165, 1.54) is 25.0 Å². The van der Waals surface area contributed by atoms with Gasteiger partial charge in [-0.25, -0.2) is 4.39 Å². The fraction of sp³-hybridized carbons (Fsp3) is 0.533. The van der Waals surface area contributed by atoms with E-state index in [-0.39, 0.29) is 5.82 Å². The molecule has 1 fully saturated rings. The highest BCUT2D eigenvalue weighted by molar-refractivity contribution is 5.33. The van der Waals surface area contributed by atoms with Gasteiger partial charge in [0, 0.05) is 18.7 Å². The zero-order valence-electron chi connectivity index (χ0n) is 11.3. The van der Waals surface area contributed by atoms with Gasteiger partial charge < -0.3 is 10.2 Å². The van der Waals surface area contributed by atoms with Crippen LogP contribution in [0.4, 0.5) is 4.39 Å². The molecule has 1 aromatic rings. The van der Waals surface area contributed by atoms with E-state index < -0.39 is 0 Å². The third-order valence-electron chi connectivity index (χ3n) is 3.64. The zero-order chi connectivity index (χ0) is 13.7. The van der Waals surface area contributed by atoms with Crippen LogP contribution in [-0.4, -0.2) is 31.6 Å². The van der Waals surface area contributed by atoms with Crippen molar-refractivity contribution >= 4 is 0 Å². The second-order valence-electron chi connectivity index (χ2n) is 5.31. The lowest BCUT2D eigenvalue weighted by Gasteiger charge is -2.27. The van der Waals surface area contributed by atoms with Crippen molar-refractivity contribution in [3.05, 3.63) is 35.1 Å². The zero-order valence-corrected chi connectivity index (χ0v) is 11.3. The minimum absolute atomic E-state index is 0.226. The summed E-state index contributed by atoms with van der Waals surface area (Å²) in [5, 5.41) is 12.2. The van der Waals surface area contributed by atoms with Gasteiger partial charge >= 0.3 is 0 Å². The molecule has 0 aliphatic carbocycles. The molecular formula is C15H20FN3. The molecular weight excluding hydrogens is 241 g/mol. The summed E-state index contributed by atoms with van der Waals surface area (Å²) < 4.78 is 13.7. The van der Waals surface area contributed by atoms with Gasteiger partial charge in [-0.1, -0.05) is 0 Å². The van der Waals surface area contributed by atoms with E-state index in [1.54, 1.807) is 6.07 Å². The molecule has 0 atom stereocenters. The highest BCUT2D eigenvalue weighted by Crippen LogP contribution is 2.16. The molecule has 3 nitrogen and oxygen atoms in total. The topological polar surface area (TPSA) is 39.1 Å². The van der Waals surface area contributed by atoms with Crippen LogP contribution in [0.25, 0.3) is 0 Å². The molecule has 0 bridgehead atoms. The molecule has 1 saturated heterocycles. The van der Waals surface area contributed by atoms with E-state index in [4.69, 9.17) is 5.26 Å². The molecule has 1 N–H and O–H groups in total. The molecule has 0 aromatic heterocycles. The monoisotopic (exact) mass is 261 g/mol. The Hall–Kier alpha value is -1.44. The summed E-state index contributed by atoms with van der Waals surface area (Å²) in [4.78, 5) is 2.15. The first-order valence-electron chi connectivity index (χ1n) is 6.77. The van der Waals surface area contributed by atoms with Crippen molar-refractivity contribution in [1.82, 2.24) is 10.2 Å². The Balaban J connectivity index is 1.94. The Morgan fingerprint density at radius 1 is 1.42 bits per heavy atom. The third kappa shape index (κ3) is 4.02. The van der Waals surface area contributed by atoms with E-state index in [1.807, 2.05) is 7.05 Å². The number of hydrogen-bond acceptors (Lipinski definition) is 3. The Bertz CT molecular complexity index is 461. The maximum Gasteiger partial charge on any atom is 0.127 e. The third-order valence-corrected chi connectivity index (χ3v) is 3.64. The molecule has 1 heterocycles. The first kappa shape index (κ1) is 14.0. The summed E-state index contributed by atoms with van der Waals surface area (Å²) in [5.41, 5.74) is 1.13. The summed E-state index contributed by atoms with van der Waals surface area (Å²) in [6.07, 6.45) is 2.37. The predicted molar refractivity (Wildman–Crippen MR) is 73.0 cm³/mol. The van der Waals surface area contributed by atoms with Crippen LogP contribution < -0.4 is 5.32 Å². The summed E-state index contributed by atoms with van der Waals surface area (Å²) in [7, 11) is 2.01. The Morgan fingerprint density at radius 2 is 2.16 bits per heavy atom. The molecule has 1 aliphatic rings. The van der Waals surface area contributed by atoms with E-state index >= 15 is 0 Å². The summed E-state index contributed by atoms with van der Waals surface area (Å²) in [6, 6.07) is 6.60. The number of benzene rings is 1. The minimum atomic E-state index is -0.226. The number of hydrogen-bond donors (Lipinski definition) is 1. The molecule has 0 saturated carbocycles. The van der Waals surface area contributed by atoms with E-state index in [0.29, 0.717) is 23.6 Å². The molecule has 0 amide bonds. The predicted octanol–water partition coefficient (Wildman–Crippen LogP) is 2.13. The molecule has 4 heteroatoms. The second kappa shape index (κ2) is 6.65. The fourth-order valence-electron chi connectivity index (χ4n) is 2.63. The van der Waals surface area contributed by atoms with Gasteiger partial charge in [0.05, 0.1) is 11.6 Å². The maximum atomic E-state index is 13.7. The van der Waals surface area contributed by atoms with Crippen LogP contribution in [0.3, 0.4) is 0 Å². The van der Waals surface area contributed by atoms with Crippen LogP contribution in [-0.2, 0) is 6.54 Å². The lowest BCUT2D eigenvalue weighted by molar-refractivity contribution is 0.232. The number of nitriles is 1. The first-order valence-corrected chi connectivity index (χ1v) is 6.77. The van der Waals surface area contributed by atoms with Gasteiger partial charge in [0.25, 0.3) is 0 Å². The molecule has 102 valence electrons. The summed E-state index contributed by atoms with van der Waals surface area (Å²) >= 11 is 0. The van der Waals surface area contributed by atoms with Crippen LogP contribution in [0.15, 0.2) is 18.2 Å². The number of nitrogens with zero attached hydrogens (tertiary/aromatic N) is 2. The van der Waals surface area contributed by atoms with Gasteiger partial charge in [0.1, 0.15) is 5.82 Å². The molecule has 0 spiro atoms. The van der Waals surface area contributed by atoms with Crippen molar-refractivity contribution in [3.8, 4) is 6.07 Å². The van der Waals surface area contributed by atoms with Crippen LogP contribution in [0.1, 0.15) is 24.0 Å². The maximum absolute atomic E-state index is 13.7. The summed E-state index contributed by atoms with van der Waals surface area (Å²) in [5.74, 6) is 0.463. The molecule has 0 radical (unpaired) electrons. The molecule has 2 rings (SSSR count). The number of nitrogens with one attached hydrogen (secondary N) is 1. The van der Waals surface area contributed by atoms with Gasteiger partial charge in [-0.2, -0.15) is 5.26 Å². The first-order chi connectivity index (χ1) is 9.19. The van der Waals surface area contributed by atoms with Crippen molar-refractivity contribution in [3.63, 3.8) is 0 Å². The Kier molecular flexibility index (Phi) is 4.89. The second-order valence-corrected chi connectivity index (χ2v) is 5.31. The lowest BCUT2D eigenvalue weighted by Crippen LogP contribution is -2.34. The van der Waals surface area contributed by atoms with E-state index in [0.717, 1.165) is 19.6 Å². The van der Waals surface area contributed by atoms with Gasteiger partial charge in [-0.05, 0) is 57.1 Å². The van der Waals surface area contributed by atoms with Crippen LogP contribution in [0.5, 0.6) is 0 Å². The Labute approximate surface area is 114 Å². The molecule has 1 aromatic carbocycles. The van der Waals surface area contributed by atoms with Crippen molar-refractivity contribution < 1.29 is 4.39 Å². The van der Waals surface area contributed by atoms with Crippen LogP contribution >= 0.6 is 0 Å². The van der Waals surface area contributed by atoms with Crippen molar-refractivity contribution in [1.29, 1.82) is 5.26 Å². The minimum Gasteiger partial charge on any atom is -0.317 e. The lowest BCUT2D eigenvalue weighted by atomic mass is 9.97. The van der Waals surface area contributed by atoms with E-state index in [2.05, 4.69) is 16.3 Å². The number of halogens is 1. The van der Waals surface area contributed by atoms with Crippen LogP contribution in [0, 0.1) is 23.1 Å². The quantitative estimate of drug-likeness (QED) is 0.902. The van der Waals surface area contributed by atoms with Gasteiger partial charge in [0.2, 0.25) is 0 Å². The largest absolute Gasteiger partial charge is 0.317 e. The van der Waals surface area contributed by atoms with Crippen molar-refractivity contribution in [2.45, 2.75) is 19.4 Å². The number of piperidine rings is 1. The summed E-state index contributed by atoms with van der Waals surface area (Å²) in [6.45, 7) is 3.71. The smallest absolute Gasteiger partial charge is 0.127 e. The molecule has 1 aliphatic heterocycles. The van der Waals surface area contributed by atoms with Crippen molar-refractivity contribution in [2.24, 2.45) is 5.92 Å². The average molecular weight is 261 g/mol. The molecule has 0 unspecified atom stereocenters. The normalized spacial score (nSPS) is 16.5. The highest BCUT2D eigenvalue weighted by Gasteiger charge is 2.16. The van der Waals surface area contributed by atoms with Gasteiger partial charge in [0.15, 0.2) is 0 Å². The van der Waals surface area contributed by atoms with Gasteiger partial charge in [-0.3, -0.25) is 0 Å². The number of rotatable bonds is 4. The van der Waals surface area contributed by atoms with Gasteiger partial charge in [-0.15, -0.1) is 0 Å². The average Bonchev–Trinajstić information content (AvgIpc) is 2.42. The standard InChI is InChI=1S/C15H20FN3/c1-19(10-12-4-6-18-7-5-12)11-14-8-13(9-17)2-3-15(14)16/h2-3,8,12,18H,4-7,10-11H2,1H3. The Morgan fingerprint density at radius 3 is 2.84 bits per heavy atom. The van der Waals surface area contributed by atoms with Crippen molar-refractivity contribution in [2.75, 3.05) is 26.7 Å².